The Labute approximate surface area is 174 Å². The molecule has 0 aromatic heterocycles. The number of sulfonamides is 1. The molecule has 2 N–H and O–H groups in total. The van der Waals surface area contributed by atoms with Crippen LogP contribution < -0.4 is 10.0 Å². The van der Waals surface area contributed by atoms with Crippen molar-refractivity contribution >= 4 is 22.0 Å². The van der Waals surface area contributed by atoms with Gasteiger partial charge in [0.2, 0.25) is 15.9 Å². The first-order valence-electron chi connectivity index (χ1n) is 10.9. The second-order valence-corrected chi connectivity index (χ2v) is 11.2. The van der Waals surface area contributed by atoms with Crippen molar-refractivity contribution in [2.24, 2.45) is 23.2 Å². The van der Waals surface area contributed by atoms with Gasteiger partial charge in [0, 0.05) is 18.7 Å². The Kier molecular flexibility index (Phi) is 5.60. The van der Waals surface area contributed by atoms with Crippen molar-refractivity contribution in [2.75, 3.05) is 6.54 Å². The van der Waals surface area contributed by atoms with Crippen LogP contribution in [-0.4, -0.2) is 26.9 Å². The highest BCUT2D eigenvalue weighted by Crippen LogP contribution is 2.61. The highest BCUT2D eigenvalue weighted by atomic mass is 32.2. The Balaban J connectivity index is 1.36. The molecular weight excluding hydrogens is 384 g/mol. The fourth-order valence-electron chi connectivity index (χ4n) is 6.33. The molecular formula is C23H32N2O3S. The molecule has 1 unspecified atom stereocenters. The Hall–Kier alpha value is -1.66. The van der Waals surface area contributed by atoms with Gasteiger partial charge in [-0.3, -0.25) is 4.79 Å². The lowest BCUT2D eigenvalue weighted by Gasteiger charge is -2.59. The number of carbonyl (C=O) groups excluding carboxylic acids is 1. The largest absolute Gasteiger partial charge is 0.350 e. The summed E-state index contributed by atoms with van der Waals surface area (Å²) in [5.41, 5.74) is 1.10. The second kappa shape index (κ2) is 7.88. The first-order chi connectivity index (χ1) is 13.8. The van der Waals surface area contributed by atoms with Gasteiger partial charge in [-0.1, -0.05) is 19.1 Å². The van der Waals surface area contributed by atoms with Crippen LogP contribution in [-0.2, 0) is 14.8 Å². The van der Waals surface area contributed by atoms with Crippen molar-refractivity contribution in [1.29, 1.82) is 0 Å². The van der Waals surface area contributed by atoms with Crippen molar-refractivity contribution < 1.29 is 13.2 Å². The van der Waals surface area contributed by atoms with Gasteiger partial charge in [0.15, 0.2) is 0 Å². The molecule has 1 amide bonds. The summed E-state index contributed by atoms with van der Waals surface area (Å²) in [6.07, 6.45) is 11.3. The number of nitrogens with one attached hydrogen (secondary N) is 2. The van der Waals surface area contributed by atoms with E-state index in [4.69, 9.17) is 0 Å². The van der Waals surface area contributed by atoms with Gasteiger partial charge in [-0.05, 0) is 92.4 Å². The van der Waals surface area contributed by atoms with Gasteiger partial charge in [-0.2, -0.15) is 0 Å². The molecule has 4 fully saturated rings. The zero-order valence-electron chi connectivity index (χ0n) is 17.4. The minimum atomic E-state index is -3.45. The third-order valence-electron chi connectivity index (χ3n) is 7.31. The van der Waals surface area contributed by atoms with Crippen LogP contribution >= 0.6 is 0 Å². The van der Waals surface area contributed by atoms with E-state index in [0.717, 1.165) is 23.3 Å². The third kappa shape index (κ3) is 4.29. The fourth-order valence-corrected chi connectivity index (χ4v) is 7.37. The maximum Gasteiger partial charge on any atom is 0.244 e. The normalized spacial score (nSPS) is 31.9. The standard InChI is InChI=1S/C23H32N2O3S/c1-3-24-29(27,28)21-7-4-17(5-8-21)6-9-22(26)25-16(2)23-13-18-10-19(14-23)12-20(11-18)15-23/h4-9,16,18-20,24H,3,10-15H2,1-2H3,(H,25,26)/b9-6+. The number of hydrogen-bond donors (Lipinski definition) is 2. The third-order valence-corrected chi connectivity index (χ3v) is 8.88. The van der Waals surface area contributed by atoms with E-state index in [1.165, 1.54) is 38.5 Å². The summed E-state index contributed by atoms with van der Waals surface area (Å²) in [4.78, 5) is 12.8. The first-order valence-corrected chi connectivity index (χ1v) is 12.4. The molecule has 0 spiro atoms. The molecule has 1 atom stereocenters. The predicted molar refractivity (Wildman–Crippen MR) is 115 cm³/mol. The maximum absolute atomic E-state index is 12.5. The van der Waals surface area contributed by atoms with Crippen molar-refractivity contribution in [2.45, 2.75) is 63.3 Å². The van der Waals surface area contributed by atoms with E-state index in [2.05, 4.69) is 17.0 Å². The average Bonchev–Trinajstić information content (AvgIpc) is 2.65. The molecule has 29 heavy (non-hydrogen) atoms. The van der Waals surface area contributed by atoms with Gasteiger partial charge in [-0.15, -0.1) is 0 Å². The molecule has 0 radical (unpaired) electrons. The van der Waals surface area contributed by atoms with Crippen LogP contribution in [0.25, 0.3) is 6.08 Å². The van der Waals surface area contributed by atoms with Crippen molar-refractivity contribution in [3.8, 4) is 0 Å². The average molecular weight is 417 g/mol. The summed E-state index contributed by atoms with van der Waals surface area (Å²) in [5, 5.41) is 3.23. The molecule has 4 aliphatic rings. The molecule has 0 heterocycles. The molecule has 1 aromatic carbocycles. The minimum absolute atomic E-state index is 0.0717. The predicted octanol–water partition coefficient (Wildman–Crippen LogP) is 3.72. The summed E-state index contributed by atoms with van der Waals surface area (Å²) in [6.45, 7) is 4.28. The van der Waals surface area contributed by atoms with Gasteiger partial charge in [0.05, 0.1) is 4.90 Å². The van der Waals surface area contributed by atoms with Crippen LogP contribution in [0.15, 0.2) is 35.2 Å². The lowest BCUT2D eigenvalue weighted by atomic mass is 9.48. The van der Waals surface area contributed by atoms with E-state index < -0.39 is 10.0 Å². The zero-order chi connectivity index (χ0) is 20.6. The highest BCUT2D eigenvalue weighted by Gasteiger charge is 2.53. The van der Waals surface area contributed by atoms with Crippen LogP contribution in [0.5, 0.6) is 0 Å². The van der Waals surface area contributed by atoms with Gasteiger partial charge < -0.3 is 5.32 Å². The van der Waals surface area contributed by atoms with Gasteiger partial charge in [0.25, 0.3) is 0 Å². The van der Waals surface area contributed by atoms with E-state index in [1.54, 1.807) is 43.3 Å². The van der Waals surface area contributed by atoms with Gasteiger partial charge >= 0.3 is 0 Å². The summed E-state index contributed by atoms with van der Waals surface area (Å²) in [7, 11) is -3.45. The van der Waals surface area contributed by atoms with Crippen LogP contribution in [0.2, 0.25) is 0 Å². The Morgan fingerprint density at radius 2 is 1.66 bits per heavy atom. The number of benzene rings is 1. The summed E-state index contributed by atoms with van der Waals surface area (Å²) < 4.78 is 26.5. The summed E-state index contributed by atoms with van der Waals surface area (Å²) in [6, 6.07) is 6.76. The van der Waals surface area contributed by atoms with Crippen LogP contribution in [0.1, 0.15) is 57.9 Å². The summed E-state index contributed by atoms with van der Waals surface area (Å²) >= 11 is 0. The Morgan fingerprint density at radius 1 is 1.10 bits per heavy atom. The summed E-state index contributed by atoms with van der Waals surface area (Å²) in [5.74, 6) is 2.53. The topological polar surface area (TPSA) is 75.3 Å². The quantitative estimate of drug-likeness (QED) is 0.665. The molecule has 1 aromatic rings. The van der Waals surface area contributed by atoms with E-state index in [9.17, 15) is 13.2 Å². The Morgan fingerprint density at radius 3 is 2.17 bits per heavy atom. The monoisotopic (exact) mass is 416 g/mol. The van der Waals surface area contributed by atoms with Crippen LogP contribution in [0.3, 0.4) is 0 Å². The molecule has 158 valence electrons. The van der Waals surface area contributed by atoms with Crippen molar-refractivity contribution in [3.63, 3.8) is 0 Å². The SMILES string of the molecule is CCNS(=O)(=O)c1ccc(/C=C/C(=O)NC(C)C23CC4CC(CC(C4)C2)C3)cc1. The first kappa shape index (κ1) is 20.6. The molecule has 5 nitrogen and oxygen atoms in total. The number of rotatable bonds is 7. The van der Waals surface area contributed by atoms with E-state index >= 15 is 0 Å². The zero-order valence-corrected chi connectivity index (χ0v) is 18.2. The van der Waals surface area contributed by atoms with E-state index in [0.29, 0.717) is 12.0 Å². The van der Waals surface area contributed by atoms with E-state index in [1.807, 2.05) is 0 Å². The molecule has 0 aliphatic heterocycles. The lowest BCUT2D eigenvalue weighted by molar-refractivity contribution is -0.121. The number of hydrogen-bond acceptors (Lipinski definition) is 3. The fraction of sp³-hybridized carbons (Fsp3) is 0.609. The number of amides is 1. The maximum atomic E-state index is 12.5. The molecule has 6 heteroatoms. The van der Waals surface area contributed by atoms with E-state index in [-0.39, 0.29) is 16.8 Å². The van der Waals surface area contributed by atoms with Crippen molar-refractivity contribution in [1.82, 2.24) is 10.0 Å². The van der Waals surface area contributed by atoms with Crippen molar-refractivity contribution in [3.05, 3.63) is 35.9 Å². The Bertz CT molecular complexity index is 854. The number of carbonyl (C=O) groups is 1. The van der Waals surface area contributed by atoms with Crippen LogP contribution in [0.4, 0.5) is 0 Å². The van der Waals surface area contributed by atoms with Gasteiger partial charge in [0.1, 0.15) is 0 Å². The molecule has 4 aliphatic carbocycles. The highest BCUT2D eigenvalue weighted by molar-refractivity contribution is 7.89. The molecule has 4 saturated carbocycles. The smallest absolute Gasteiger partial charge is 0.244 e. The van der Waals surface area contributed by atoms with Gasteiger partial charge in [-0.25, -0.2) is 13.1 Å². The second-order valence-electron chi connectivity index (χ2n) is 9.41. The molecule has 0 saturated heterocycles. The molecule has 5 rings (SSSR count). The van der Waals surface area contributed by atoms with Crippen LogP contribution in [0, 0.1) is 23.2 Å². The molecule has 4 bridgehead atoms. The lowest BCUT2D eigenvalue weighted by Crippen LogP contribution is -2.55. The minimum Gasteiger partial charge on any atom is -0.350 e.